The first-order valence-corrected chi connectivity index (χ1v) is 11.0. The van der Waals surface area contributed by atoms with E-state index >= 15 is 0 Å². The van der Waals surface area contributed by atoms with Gasteiger partial charge in [-0.25, -0.2) is 4.79 Å². The van der Waals surface area contributed by atoms with E-state index < -0.39 is 30.2 Å². The summed E-state index contributed by atoms with van der Waals surface area (Å²) in [5.41, 5.74) is 0.787. The summed E-state index contributed by atoms with van der Waals surface area (Å²) in [5.74, 6) is -1.45. The first kappa shape index (κ1) is 24.5. The van der Waals surface area contributed by atoms with Crippen LogP contribution in [0, 0.1) is 5.92 Å². The van der Waals surface area contributed by atoms with Crippen LogP contribution >= 0.6 is 0 Å². The molecule has 2 aromatic carbocycles. The highest BCUT2D eigenvalue weighted by Crippen LogP contribution is 2.36. The number of ether oxygens (including phenoxy) is 4. The number of rotatable bonds is 9. The van der Waals surface area contributed by atoms with Crippen molar-refractivity contribution in [2.24, 2.45) is 5.92 Å². The zero-order chi connectivity index (χ0) is 25.7. The van der Waals surface area contributed by atoms with Crippen molar-refractivity contribution in [2.45, 2.75) is 6.42 Å². The van der Waals surface area contributed by atoms with Crippen molar-refractivity contribution in [3.8, 4) is 17.2 Å². The van der Waals surface area contributed by atoms with Crippen molar-refractivity contribution in [1.82, 2.24) is 0 Å². The van der Waals surface area contributed by atoms with Crippen molar-refractivity contribution in [1.29, 1.82) is 0 Å². The van der Waals surface area contributed by atoms with Gasteiger partial charge >= 0.3 is 11.9 Å². The third-order valence-electron chi connectivity index (χ3n) is 5.59. The smallest absolute Gasteiger partial charge is 0.379 e. The molecular weight excluding hydrogens is 470 g/mol. The van der Waals surface area contributed by atoms with Gasteiger partial charge in [0, 0.05) is 24.6 Å². The van der Waals surface area contributed by atoms with Crippen LogP contribution in [0.25, 0.3) is 0 Å². The molecule has 3 aromatic rings. The molecule has 0 spiro atoms. The molecule has 186 valence electrons. The fraction of sp³-hybridized carbons (Fsp3) is 0.231. The van der Waals surface area contributed by atoms with Gasteiger partial charge in [-0.2, -0.15) is 0 Å². The van der Waals surface area contributed by atoms with Gasteiger partial charge in [-0.05, 0) is 48.5 Å². The van der Waals surface area contributed by atoms with E-state index in [0.29, 0.717) is 17.2 Å². The number of nitrogens with zero attached hydrogens (tertiary/aromatic N) is 1. The van der Waals surface area contributed by atoms with E-state index in [2.05, 4.69) is 0 Å². The molecule has 1 aromatic heterocycles. The SMILES string of the molecule is COc1ccc(N2C[C@H](C(=O)OCC(=O)c3ccc(OC(=O)c4ccco4)cc3)CC2=O)c(OC)c1. The maximum atomic E-state index is 12.6. The Kier molecular flexibility index (Phi) is 7.33. The van der Waals surface area contributed by atoms with Crippen LogP contribution in [-0.2, 0) is 14.3 Å². The number of carbonyl (C=O) groups excluding carboxylic acids is 4. The lowest BCUT2D eigenvalue weighted by atomic mass is 10.1. The Labute approximate surface area is 206 Å². The van der Waals surface area contributed by atoms with Gasteiger partial charge in [0.05, 0.1) is 32.1 Å². The molecule has 0 unspecified atom stereocenters. The quantitative estimate of drug-likeness (QED) is 0.251. The predicted octanol–water partition coefficient (Wildman–Crippen LogP) is 3.30. The molecule has 1 aliphatic rings. The fourth-order valence-electron chi connectivity index (χ4n) is 3.70. The largest absolute Gasteiger partial charge is 0.497 e. The molecule has 4 rings (SSSR count). The Balaban J connectivity index is 1.31. The molecule has 10 heteroatoms. The van der Waals surface area contributed by atoms with Gasteiger partial charge in [0.15, 0.2) is 12.4 Å². The van der Waals surface area contributed by atoms with E-state index in [1.165, 1.54) is 55.7 Å². The van der Waals surface area contributed by atoms with Crippen molar-refractivity contribution >= 4 is 29.3 Å². The topological polar surface area (TPSA) is 122 Å². The molecule has 1 amide bonds. The summed E-state index contributed by atoms with van der Waals surface area (Å²) in [4.78, 5) is 51.0. The van der Waals surface area contributed by atoms with Gasteiger partial charge in [-0.15, -0.1) is 0 Å². The highest BCUT2D eigenvalue weighted by Gasteiger charge is 2.37. The molecule has 10 nitrogen and oxygen atoms in total. The Morgan fingerprint density at radius 3 is 2.42 bits per heavy atom. The molecule has 2 heterocycles. The number of carbonyl (C=O) groups is 4. The Hall–Kier alpha value is -4.60. The first-order valence-electron chi connectivity index (χ1n) is 11.0. The second kappa shape index (κ2) is 10.8. The summed E-state index contributed by atoms with van der Waals surface area (Å²) in [6, 6.07) is 13.9. The highest BCUT2D eigenvalue weighted by atomic mass is 16.5. The number of furan rings is 1. The second-order valence-corrected chi connectivity index (χ2v) is 7.87. The number of ketones is 1. The summed E-state index contributed by atoms with van der Waals surface area (Å²) in [6.07, 6.45) is 1.31. The zero-order valence-corrected chi connectivity index (χ0v) is 19.6. The normalized spacial score (nSPS) is 14.9. The van der Waals surface area contributed by atoms with Crippen molar-refractivity contribution in [3.05, 3.63) is 72.2 Å². The third kappa shape index (κ3) is 5.38. The summed E-state index contributed by atoms with van der Waals surface area (Å²) in [5, 5.41) is 0. The minimum absolute atomic E-state index is 0.0437. The average Bonchev–Trinajstić information content (AvgIpc) is 3.57. The zero-order valence-electron chi connectivity index (χ0n) is 19.6. The van der Waals surface area contributed by atoms with Crippen molar-refractivity contribution in [3.63, 3.8) is 0 Å². The van der Waals surface area contributed by atoms with Gasteiger partial charge in [-0.1, -0.05) is 0 Å². The van der Waals surface area contributed by atoms with Crippen LogP contribution in [0.3, 0.4) is 0 Å². The van der Waals surface area contributed by atoms with E-state index in [1.54, 1.807) is 24.3 Å². The molecular formula is C26H23NO9. The molecule has 0 saturated carbocycles. The molecule has 1 saturated heterocycles. The molecule has 1 atom stereocenters. The maximum Gasteiger partial charge on any atom is 0.379 e. The Bertz CT molecular complexity index is 1270. The molecule has 0 bridgehead atoms. The average molecular weight is 493 g/mol. The first-order chi connectivity index (χ1) is 17.4. The van der Waals surface area contributed by atoms with Gasteiger partial charge in [0.1, 0.15) is 17.2 Å². The lowest BCUT2D eigenvalue weighted by Crippen LogP contribution is -2.27. The van der Waals surface area contributed by atoms with Crippen molar-refractivity contribution < 1.29 is 42.5 Å². The van der Waals surface area contributed by atoms with Gasteiger partial charge in [0.2, 0.25) is 11.7 Å². The van der Waals surface area contributed by atoms with Gasteiger partial charge in [-0.3, -0.25) is 14.4 Å². The van der Waals surface area contributed by atoms with E-state index in [9.17, 15) is 19.2 Å². The van der Waals surface area contributed by atoms with Gasteiger partial charge < -0.3 is 28.3 Å². The predicted molar refractivity (Wildman–Crippen MR) is 125 cm³/mol. The summed E-state index contributed by atoms with van der Waals surface area (Å²) in [7, 11) is 3.00. The van der Waals surface area contributed by atoms with E-state index in [0.717, 1.165) is 0 Å². The number of amides is 1. The van der Waals surface area contributed by atoms with E-state index in [4.69, 9.17) is 23.4 Å². The van der Waals surface area contributed by atoms with Crippen LogP contribution in [-0.4, -0.2) is 51.0 Å². The van der Waals surface area contributed by atoms with E-state index in [1.807, 2.05) is 0 Å². The number of methoxy groups -OCH3 is 2. The van der Waals surface area contributed by atoms with Crippen LogP contribution < -0.4 is 19.1 Å². The fourth-order valence-corrected chi connectivity index (χ4v) is 3.70. The molecule has 0 aliphatic carbocycles. The molecule has 1 fully saturated rings. The maximum absolute atomic E-state index is 12.6. The third-order valence-corrected chi connectivity index (χ3v) is 5.59. The monoisotopic (exact) mass is 493 g/mol. The molecule has 36 heavy (non-hydrogen) atoms. The summed E-state index contributed by atoms with van der Waals surface area (Å²) >= 11 is 0. The number of Topliss-reactive ketones (excluding diaryl/α,β-unsaturated/α-hetero) is 1. The number of benzene rings is 2. The standard InChI is InChI=1S/C26H23NO9/c1-32-19-9-10-20(23(13-19)33-2)27-14-17(12-24(27)29)25(30)35-15-21(28)16-5-7-18(8-6-16)36-26(31)22-4-3-11-34-22/h3-11,13,17H,12,14-15H2,1-2H3/t17-/m1/s1. The van der Waals surface area contributed by atoms with Gasteiger partial charge in [0.25, 0.3) is 0 Å². The number of anilines is 1. The molecule has 0 radical (unpaired) electrons. The Morgan fingerprint density at radius 1 is 1.00 bits per heavy atom. The second-order valence-electron chi connectivity index (χ2n) is 7.87. The summed E-state index contributed by atoms with van der Waals surface area (Å²) in [6.45, 7) is -0.384. The lowest BCUT2D eigenvalue weighted by molar-refractivity contribution is -0.147. The van der Waals surface area contributed by atoms with Crippen molar-refractivity contribution in [2.75, 3.05) is 32.3 Å². The van der Waals surface area contributed by atoms with Crippen LogP contribution in [0.1, 0.15) is 27.3 Å². The van der Waals surface area contributed by atoms with E-state index in [-0.39, 0.29) is 35.9 Å². The summed E-state index contributed by atoms with van der Waals surface area (Å²) < 4.78 is 25.9. The Morgan fingerprint density at radius 2 is 1.75 bits per heavy atom. The van der Waals surface area contributed by atoms with Crippen LogP contribution in [0.15, 0.2) is 65.3 Å². The lowest BCUT2D eigenvalue weighted by Gasteiger charge is -2.20. The number of hydrogen-bond acceptors (Lipinski definition) is 9. The number of esters is 2. The van der Waals surface area contributed by atoms with Crippen LogP contribution in [0.5, 0.6) is 17.2 Å². The minimum Gasteiger partial charge on any atom is -0.497 e. The minimum atomic E-state index is -0.722. The molecule has 1 aliphatic heterocycles. The van der Waals surface area contributed by atoms with Crippen LogP contribution in [0.2, 0.25) is 0 Å². The van der Waals surface area contributed by atoms with Crippen LogP contribution in [0.4, 0.5) is 5.69 Å². The highest BCUT2D eigenvalue weighted by molar-refractivity contribution is 6.02. The molecule has 0 N–H and O–H groups in total. The number of hydrogen-bond donors (Lipinski definition) is 0.